The Kier molecular flexibility index (Phi) is 5.14. The van der Waals surface area contributed by atoms with Gasteiger partial charge < -0.3 is 10.00 Å². The van der Waals surface area contributed by atoms with Gasteiger partial charge in [0.05, 0.1) is 5.66 Å². The summed E-state index contributed by atoms with van der Waals surface area (Å²) in [7, 11) is -3.91. The van der Waals surface area contributed by atoms with Crippen LogP contribution >= 0.6 is 7.52 Å². The lowest BCUT2D eigenvalue weighted by molar-refractivity contribution is -0.139. The number of aliphatic carboxylic acids is 1. The van der Waals surface area contributed by atoms with Gasteiger partial charge in [-0.3, -0.25) is 9.36 Å². The van der Waals surface area contributed by atoms with Crippen LogP contribution in [0, 0.1) is 0 Å². The van der Waals surface area contributed by atoms with Gasteiger partial charge in [0, 0.05) is 0 Å². The first-order valence-electron chi connectivity index (χ1n) is 6.85. The second-order valence-corrected chi connectivity index (χ2v) is 7.30. The topological polar surface area (TPSA) is 86.6 Å². The number of benzene rings is 2. The molecule has 2 aromatic rings. The van der Waals surface area contributed by atoms with Gasteiger partial charge in [-0.05, 0) is 18.1 Å². The van der Waals surface area contributed by atoms with Gasteiger partial charge in [0.2, 0.25) is 0 Å². The summed E-state index contributed by atoms with van der Waals surface area (Å²) in [5, 5.41) is 11.8. The van der Waals surface area contributed by atoms with Crippen LogP contribution < -0.4 is 5.09 Å². The minimum absolute atomic E-state index is 0.435. The van der Waals surface area contributed by atoms with E-state index in [1.165, 1.54) is 0 Å². The Bertz CT molecular complexity index is 675. The average Bonchev–Trinajstić information content (AvgIpc) is 2.53. The van der Waals surface area contributed by atoms with Gasteiger partial charge >= 0.3 is 5.97 Å². The summed E-state index contributed by atoms with van der Waals surface area (Å²) in [5.41, 5.74) is 0.404. The van der Waals surface area contributed by atoms with E-state index >= 15 is 0 Å². The molecule has 0 aliphatic rings. The van der Waals surface area contributed by atoms with Crippen LogP contribution in [0.15, 0.2) is 60.7 Å². The summed E-state index contributed by atoms with van der Waals surface area (Å²) in [6.07, 6.45) is 0. The van der Waals surface area contributed by atoms with Crippen molar-refractivity contribution >= 4 is 13.5 Å². The maximum absolute atomic E-state index is 12.6. The van der Waals surface area contributed by atoms with Crippen molar-refractivity contribution in [3.63, 3.8) is 0 Å². The van der Waals surface area contributed by atoms with E-state index in [1.54, 1.807) is 61.5 Å². The molecule has 6 heteroatoms. The van der Waals surface area contributed by atoms with Crippen LogP contribution in [0.1, 0.15) is 29.8 Å². The van der Waals surface area contributed by atoms with E-state index in [1.807, 2.05) is 6.07 Å². The first-order valence-corrected chi connectivity index (χ1v) is 8.57. The number of carbonyl (C=O) groups is 1. The van der Waals surface area contributed by atoms with Gasteiger partial charge in [0.25, 0.3) is 7.52 Å². The lowest BCUT2D eigenvalue weighted by Gasteiger charge is -2.24. The Hall–Kier alpha value is -1.94. The van der Waals surface area contributed by atoms with Gasteiger partial charge in [-0.2, -0.15) is 0 Å². The summed E-state index contributed by atoms with van der Waals surface area (Å²) in [4.78, 5) is 21.7. The van der Waals surface area contributed by atoms with Gasteiger partial charge in [-0.15, -0.1) is 0 Å². The van der Waals surface area contributed by atoms with Crippen molar-refractivity contribution in [2.45, 2.75) is 18.6 Å². The normalized spacial score (nSPS) is 16.5. The summed E-state index contributed by atoms with van der Waals surface area (Å²) in [6, 6.07) is 16.0. The van der Waals surface area contributed by atoms with E-state index in [-0.39, 0.29) is 0 Å². The zero-order valence-corrected chi connectivity index (χ0v) is 13.0. The fourth-order valence-corrected chi connectivity index (χ4v) is 3.58. The van der Waals surface area contributed by atoms with Crippen LogP contribution in [-0.4, -0.2) is 16.0 Å². The summed E-state index contributed by atoms with van der Waals surface area (Å²) in [5.74, 6) is -1.19. The Balaban J connectivity index is 2.25. The number of nitrogens with one attached hydrogen (secondary N) is 1. The molecular formula is C16H18NO4P. The van der Waals surface area contributed by atoms with E-state index in [4.69, 9.17) is 0 Å². The number of rotatable bonds is 6. The van der Waals surface area contributed by atoms with Gasteiger partial charge in [0.15, 0.2) is 0 Å². The van der Waals surface area contributed by atoms with Gasteiger partial charge in [0.1, 0.15) is 6.04 Å². The molecule has 2 rings (SSSR count). The predicted octanol–water partition coefficient (Wildman–Crippen LogP) is 3.35. The molecule has 5 nitrogen and oxygen atoms in total. The quantitative estimate of drug-likeness (QED) is 0.711. The van der Waals surface area contributed by atoms with Crippen LogP contribution in [0.2, 0.25) is 0 Å². The SMILES string of the molecule is CC(c1ccccc1)P(=O)(O)NC(C(=O)O)c1ccccc1. The predicted molar refractivity (Wildman–Crippen MR) is 84.6 cm³/mol. The Morgan fingerprint density at radius 3 is 1.91 bits per heavy atom. The number of carboxylic acid groups (broad SMARTS) is 1. The molecule has 0 bridgehead atoms. The van der Waals surface area contributed by atoms with Gasteiger partial charge in [-0.25, -0.2) is 5.09 Å². The Morgan fingerprint density at radius 2 is 1.45 bits per heavy atom. The zero-order valence-electron chi connectivity index (χ0n) is 12.1. The standard InChI is InChI=1S/C16H18NO4P/c1-12(13-8-4-2-5-9-13)22(20,21)17-15(16(18)19)14-10-6-3-7-11-14/h2-12,15H,1H3,(H,18,19)(H2,17,20,21). The molecule has 0 amide bonds. The second-order valence-electron chi connectivity index (χ2n) is 5.02. The minimum atomic E-state index is -3.91. The van der Waals surface area contributed by atoms with E-state index in [0.717, 1.165) is 0 Å². The minimum Gasteiger partial charge on any atom is -0.480 e. The summed E-state index contributed by atoms with van der Waals surface area (Å²) in [6.45, 7) is 1.60. The molecule has 0 heterocycles. The molecule has 3 N–H and O–H groups in total. The molecule has 2 aromatic carbocycles. The van der Waals surface area contributed by atoms with E-state index in [9.17, 15) is 19.4 Å². The van der Waals surface area contributed by atoms with E-state index < -0.39 is 25.2 Å². The Labute approximate surface area is 129 Å². The van der Waals surface area contributed by atoms with Crippen LogP contribution in [0.5, 0.6) is 0 Å². The van der Waals surface area contributed by atoms with Crippen molar-refractivity contribution in [1.82, 2.24) is 5.09 Å². The zero-order chi connectivity index (χ0) is 16.2. The Morgan fingerprint density at radius 1 is 1.00 bits per heavy atom. The van der Waals surface area contributed by atoms with Crippen molar-refractivity contribution in [2.24, 2.45) is 0 Å². The van der Waals surface area contributed by atoms with Crippen molar-refractivity contribution in [1.29, 1.82) is 0 Å². The lowest BCUT2D eigenvalue weighted by atomic mass is 10.1. The molecule has 0 aromatic heterocycles. The molecule has 0 saturated carbocycles. The second kappa shape index (κ2) is 6.88. The molecule has 3 unspecified atom stereocenters. The average molecular weight is 319 g/mol. The van der Waals surface area contributed by atoms with Crippen LogP contribution in [-0.2, 0) is 9.36 Å². The molecule has 22 heavy (non-hydrogen) atoms. The maximum Gasteiger partial charge on any atom is 0.325 e. The molecule has 0 aliphatic heterocycles. The molecular weight excluding hydrogens is 301 g/mol. The van der Waals surface area contributed by atoms with Crippen LogP contribution in [0.3, 0.4) is 0 Å². The third kappa shape index (κ3) is 3.83. The summed E-state index contributed by atoms with van der Waals surface area (Å²) >= 11 is 0. The largest absolute Gasteiger partial charge is 0.480 e. The number of hydrogen-bond acceptors (Lipinski definition) is 2. The fraction of sp³-hybridized carbons (Fsp3) is 0.188. The van der Waals surface area contributed by atoms with Crippen LogP contribution in [0.25, 0.3) is 0 Å². The van der Waals surface area contributed by atoms with E-state index in [0.29, 0.717) is 11.1 Å². The monoisotopic (exact) mass is 319 g/mol. The molecule has 0 radical (unpaired) electrons. The highest BCUT2D eigenvalue weighted by Gasteiger charge is 2.34. The van der Waals surface area contributed by atoms with Gasteiger partial charge in [-0.1, -0.05) is 60.7 Å². The number of hydrogen-bond donors (Lipinski definition) is 3. The third-order valence-corrected chi connectivity index (χ3v) is 5.48. The first kappa shape index (κ1) is 16.4. The number of carboxylic acids is 1. The van der Waals surface area contributed by atoms with Crippen molar-refractivity contribution in [3.05, 3.63) is 71.8 Å². The van der Waals surface area contributed by atoms with Crippen molar-refractivity contribution in [3.8, 4) is 0 Å². The molecule has 3 atom stereocenters. The summed E-state index contributed by atoms with van der Waals surface area (Å²) < 4.78 is 12.6. The third-order valence-electron chi connectivity index (χ3n) is 3.50. The molecule has 116 valence electrons. The molecule has 0 aliphatic carbocycles. The highest BCUT2D eigenvalue weighted by molar-refractivity contribution is 7.56. The van der Waals surface area contributed by atoms with Crippen molar-refractivity contribution in [2.75, 3.05) is 0 Å². The maximum atomic E-state index is 12.6. The smallest absolute Gasteiger partial charge is 0.325 e. The fourth-order valence-electron chi connectivity index (χ4n) is 2.15. The molecule has 0 spiro atoms. The lowest BCUT2D eigenvalue weighted by Crippen LogP contribution is -2.27. The molecule has 0 fully saturated rings. The molecule has 0 saturated heterocycles. The highest BCUT2D eigenvalue weighted by Crippen LogP contribution is 2.53. The highest BCUT2D eigenvalue weighted by atomic mass is 31.2. The van der Waals surface area contributed by atoms with Crippen LogP contribution in [0.4, 0.5) is 0 Å². The van der Waals surface area contributed by atoms with E-state index in [2.05, 4.69) is 5.09 Å². The van der Waals surface area contributed by atoms with Crippen molar-refractivity contribution < 1.29 is 19.4 Å². The first-order chi connectivity index (χ1) is 10.4.